The monoisotopic (exact) mass is 484 g/mol. The summed E-state index contributed by atoms with van der Waals surface area (Å²) >= 11 is 0. The summed E-state index contributed by atoms with van der Waals surface area (Å²) in [4.78, 5) is 0. The lowest BCUT2D eigenvalue weighted by molar-refractivity contribution is -0.332. The second kappa shape index (κ2) is 11.0. The number of aliphatic hydroxyl groups excluding tert-OH is 7. The lowest BCUT2D eigenvalue weighted by Gasteiger charge is -2.48. The van der Waals surface area contributed by atoms with Gasteiger partial charge >= 0.3 is 0 Å². The van der Waals surface area contributed by atoms with E-state index in [4.69, 9.17) is 41.9 Å². The van der Waals surface area contributed by atoms with Gasteiger partial charge in [0, 0.05) is 18.6 Å². The molecule has 2 saturated heterocycles. The molecule has 3 fully saturated rings. The first-order valence-corrected chi connectivity index (χ1v) is 10.8. The standard InChI is InChI=1S/C18H36N4O11/c19-2-6-10(25)12(27)13(28)18(30-6)33-16-5(21)1-4(20)15(14(16)29)32-17-11(26)8(22)9(24)7(3-23)31-17/h4-18,23-29H,1-3,19-22H2/t4-,5+,6-,7?,8+,9-,10-,11?,12?,13?,14?,15+,16?,17-,18?/m1/s1. The van der Waals surface area contributed by atoms with Gasteiger partial charge in [-0.05, 0) is 6.42 Å². The summed E-state index contributed by atoms with van der Waals surface area (Å²) < 4.78 is 22.2. The van der Waals surface area contributed by atoms with E-state index in [0.717, 1.165) is 0 Å². The third-order valence-electron chi connectivity index (χ3n) is 6.48. The molecule has 15 nitrogen and oxygen atoms in total. The van der Waals surface area contributed by atoms with E-state index in [0.29, 0.717) is 0 Å². The van der Waals surface area contributed by atoms with E-state index < -0.39 is 98.4 Å². The zero-order valence-electron chi connectivity index (χ0n) is 17.9. The molecule has 0 aromatic rings. The van der Waals surface area contributed by atoms with Gasteiger partial charge in [-0.3, -0.25) is 0 Å². The minimum absolute atomic E-state index is 0.0849. The van der Waals surface area contributed by atoms with Crippen molar-refractivity contribution >= 4 is 0 Å². The summed E-state index contributed by atoms with van der Waals surface area (Å²) in [6.07, 6.45) is -16.5. The summed E-state index contributed by atoms with van der Waals surface area (Å²) in [5.41, 5.74) is 23.5. The van der Waals surface area contributed by atoms with Crippen LogP contribution < -0.4 is 22.9 Å². The lowest BCUT2D eigenvalue weighted by atomic mass is 9.84. The Balaban J connectivity index is 1.72. The summed E-state index contributed by atoms with van der Waals surface area (Å²) in [5.74, 6) is 0. The third kappa shape index (κ3) is 5.32. The fraction of sp³-hybridized carbons (Fsp3) is 1.00. The van der Waals surface area contributed by atoms with Crippen LogP contribution in [0.25, 0.3) is 0 Å². The van der Waals surface area contributed by atoms with Crippen LogP contribution in [0.4, 0.5) is 0 Å². The Hall–Kier alpha value is -0.600. The molecule has 1 aliphatic carbocycles. The minimum atomic E-state index is -1.66. The molecule has 0 radical (unpaired) electrons. The molecule has 15 atom stereocenters. The van der Waals surface area contributed by atoms with E-state index in [-0.39, 0.29) is 13.0 Å². The van der Waals surface area contributed by atoms with Gasteiger partial charge in [0.2, 0.25) is 0 Å². The molecular formula is C18H36N4O11. The topological polar surface area (TPSA) is 283 Å². The third-order valence-corrected chi connectivity index (χ3v) is 6.48. The number of hydrogen-bond acceptors (Lipinski definition) is 15. The fourth-order valence-corrected chi connectivity index (χ4v) is 4.40. The Morgan fingerprint density at radius 3 is 1.70 bits per heavy atom. The number of aliphatic hydroxyl groups is 7. The van der Waals surface area contributed by atoms with Crippen molar-refractivity contribution in [1.29, 1.82) is 0 Å². The average Bonchev–Trinajstić information content (AvgIpc) is 2.79. The first-order valence-electron chi connectivity index (χ1n) is 10.8. The second-order valence-electron chi connectivity index (χ2n) is 8.79. The van der Waals surface area contributed by atoms with Crippen LogP contribution in [0.3, 0.4) is 0 Å². The molecule has 0 aromatic heterocycles. The Kier molecular flexibility index (Phi) is 8.99. The summed E-state index contributed by atoms with van der Waals surface area (Å²) in [6.45, 7) is -0.763. The van der Waals surface area contributed by atoms with Crippen LogP contribution in [0.15, 0.2) is 0 Å². The van der Waals surface area contributed by atoms with Gasteiger partial charge in [-0.1, -0.05) is 0 Å². The molecule has 0 spiro atoms. The van der Waals surface area contributed by atoms with E-state index in [1.165, 1.54) is 0 Å². The predicted molar refractivity (Wildman–Crippen MR) is 108 cm³/mol. The SMILES string of the molecule is NC[C@H]1OC(OC2C(O)[C@@H](O[C@H]3OC(CO)[C@@H](O)[C@H](N)C3O)[C@H](N)C[C@@H]2N)C(O)C(O)[C@@H]1O. The maximum atomic E-state index is 10.9. The molecule has 2 heterocycles. The Morgan fingerprint density at radius 1 is 0.667 bits per heavy atom. The number of ether oxygens (including phenoxy) is 4. The van der Waals surface area contributed by atoms with Gasteiger partial charge in [-0.25, -0.2) is 0 Å². The molecule has 2 aliphatic heterocycles. The predicted octanol–water partition coefficient (Wildman–Crippen LogP) is -7.29. The Bertz CT molecular complexity index is 584. The van der Waals surface area contributed by atoms with E-state index in [2.05, 4.69) is 0 Å². The number of rotatable bonds is 6. The maximum absolute atomic E-state index is 10.9. The highest BCUT2D eigenvalue weighted by molar-refractivity contribution is 5.01. The van der Waals surface area contributed by atoms with Crippen LogP contribution in [0.5, 0.6) is 0 Å². The highest BCUT2D eigenvalue weighted by Crippen LogP contribution is 2.31. The average molecular weight is 485 g/mol. The first kappa shape index (κ1) is 27.0. The van der Waals surface area contributed by atoms with Crippen LogP contribution in [0.2, 0.25) is 0 Å². The van der Waals surface area contributed by atoms with E-state index in [9.17, 15) is 35.7 Å². The summed E-state index contributed by atoms with van der Waals surface area (Å²) in [7, 11) is 0. The molecule has 3 rings (SSSR count). The molecule has 15 N–H and O–H groups in total. The Labute approximate surface area is 189 Å². The minimum Gasteiger partial charge on any atom is -0.394 e. The maximum Gasteiger partial charge on any atom is 0.187 e. The van der Waals surface area contributed by atoms with Crippen LogP contribution in [0.1, 0.15) is 6.42 Å². The zero-order chi connectivity index (χ0) is 24.6. The van der Waals surface area contributed by atoms with Crippen LogP contribution >= 0.6 is 0 Å². The van der Waals surface area contributed by atoms with Gasteiger partial charge in [0.05, 0.1) is 12.6 Å². The highest BCUT2D eigenvalue weighted by atomic mass is 16.7. The van der Waals surface area contributed by atoms with Gasteiger partial charge in [0.15, 0.2) is 12.6 Å². The van der Waals surface area contributed by atoms with E-state index in [1.807, 2.05) is 0 Å². The normalized spacial score (nSPS) is 53.7. The smallest absolute Gasteiger partial charge is 0.187 e. The molecular weight excluding hydrogens is 448 g/mol. The first-order chi connectivity index (χ1) is 15.5. The van der Waals surface area contributed by atoms with E-state index in [1.54, 1.807) is 0 Å². The fourth-order valence-electron chi connectivity index (χ4n) is 4.40. The van der Waals surface area contributed by atoms with Crippen molar-refractivity contribution in [2.75, 3.05) is 13.2 Å². The van der Waals surface area contributed by atoms with Gasteiger partial charge in [-0.2, -0.15) is 0 Å². The molecule has 194 valence electrons. The molecule has 0 amide bonds. The quantitative estimate of drug-likeness (QED) is 0.167. The van der Waals surface area contributed by atoms with Crippen molar-refractivity contribution in [3.05, 3.63) is 0 Å². The van der Waals surface area contributed by atoms with Crippen molar-refractivity contribution in [1.82, 2.24) is 0 Å². The van der Waals surface area contributed by atoms with Gasteiger partial charge < -0.3 is 77.6 Å². The van der Waals surface area contributed by atoms with Crippen LogP contribution in [-0.4, -0.2) is 141 Å². The van der Waals surface area contributed by atoms with E-state index >= 15 is 0 Å². The lowest BCUT2D eigenvalue weighted by Crippen LogP contribution is -2.68. The molecule has 0 aromatic carbocycles. The van der Waals surface area contributed by atoms with Crippen molar-refractivity contribution in [2.45, 2.75) is 98.2 Å². The molecule has 7 unspecified atom stereocenters. The molecule has 15 heteroatoms. The summed E-state index contributed by atoms with van der Waals surface area (Å²) in [6, 6.07) is -2.86. The van der Waals surface area contributed by atoms with Crippen LogP contribution in [-0.2, 0) is 18.9 Å². The zero-order valence-corrected chi connectivity index (χ0v) is 17.9. The van der Waals surface area contributed by atoms with Gasteiger partial charge in [-0.15, -0.1) is 0 Å². The number of nitrogens with two attached hydrogens (primary N) is 4. The van der Waals surface area contributed by atoms with Crippen molar-refractivity contribution < 1.29 is 54.7 Å². The second-order valence-corrected chi connectivity index (χ2v) is 8.79. The molecule has 33 heavy (non-hydrogen) atoms. The van der Waals surface area contributed by atoms with Crippen molar-refractivity contribution in [3.8, 4) is 0 Å². The van der Waals surface area contributed by atoms with Gasteiger partial charge in [0.1, 0.15) is 61.0 Å². The number of hydrogen-bond donors (Lipinski definition) is 11. The summed E-state index contributed by atoms with van der Waals surface area (Å²) in [5, 5.41) is 70.9. The molecule has 1 saturated carbocycles. The van der Waals surface area contributed by atoms with Crippen molar-refractivity contribution in [2.24, 2.45) is 22.9 Å². The highest BCUT2D eigenvalue weighted by Gasteiger charge is 2.51. The van der Waals surface area contributed by atoms with Gasteiger partial charge in [0.25, 0.3) is 0 Å². The molecule has 3 aliphatic rings. The Morgan fingerprint density at radius 2 is 1.18 bits per heavy atom. The van der Waals surface area contributed by atoms with Crippen molar-refractivity contribution in [3.63, 3.8) is 0 Å². The van der Waals surface area contributed by atoms with Crippen LogP contribution in [0, 0.1) is 0 Å². The largest absolute Gasteiger partial charge is 0.394 e. The molecule has 0 bridgehead atoms.